The lowest BCUT2D eigenvalue weighted by Crippen LogP contribution is -2.47. The lowest BCUT2D eigenvalue weighted by atomic mass is 9.95. The van der Waals surface area contributed by atoms with Crippen LogP contribution in [0.5, 0.6) is 11.5 Å². The van der Waals surface area contributed by atoms with Crippen LogP contribution in [0.15, 0.2) is 66.5 Å². The van der Waals surface area contributed by atoms with Crippen molar-refractivity contribution in [3.05, 3.63) is 77.8 Å². The molecule has 1 N–H and O–H groups in total. The molecule has 0 saturated carbocycles. The van der Waals surface area contributed by atoms with Gasteiger partial charge in [-0.25, -0.2) is 4.79 Å². The molecule has 0 aliphatic carbocycles. The third-order valence-corrected chi connectivity index (χ3v) is 5.39. The number of hydrogen-bond acceptors (Lipinski definition) is 5. The molecule has 0 bridgehead atoms. The zero-order valence-electron chi connectivity index (χ0n) is 17.5. The normalized spacial score (nSPS) is 18.1. The quantitative estimate of drug-likeness (QED) is 0.697. The minimum atomic E-state index is -0.617. The fourth-order valence-electron chi connectivity index (χ4n) is 3.93. The summed E-state index contributed by atoms with van der Waals surface area (Å²) in [4.78, 5) is 34.0. The van der Waals surface area contributed by atoms with Gasteiger partial charge in [-0.1, -0.05) is 12.1 Å². The van der Waals surface area contributed by atoms with Crippen LogP contribution in [0.1, 0.15) is 17.3 Å². The molecule has 160 valence electrons. The van der Waals surface area contributed by atoms with Gasteiger partial charge in [0.05, 0.1) is 50.3 Å². The van der Waals surface area contributed by atoms with Crippen molar-refractivity contribution in [3.63, 3.8) is 0 Å². The lowest BCUT2D eigenvalue weighted by molar-refractivity contribution is -0.126. The molecular formula is C23H24N4O4. The predicted molar refractivity (Wildman–Crippen MR) is 114 cm³/mol. The van der Waals surface area contributed by atoms with E-state index in [0.717, 1.165) is 5.69 Å². The Morgan fingerprint density at radius 1 is 1.19 bits per heavy atom. The van der Waals surface area contributed by atoms with Crippen LogP contribution in [0.25, 0.3) is 0 Å². The highest BCUT2D eigenvalue weighted by atomic mass is 16.5. The summed E-state index contributed by atoms with van der Waals surface area (Å²) in [7, 11) is 3.12. The molecule has 1 atom stereocenters. The third kappa shape index (κ3) is 3.84. The molecule has 0 saturated heterocycles. The third-order valence-electron chi connectivity index (χ3n) is 5.39. The Balaban J connectivity index is 1.75. The van der Waals surface area contributed by atoms with E-state index in [1.165, 1.54) is 0 Å². The molecule has 3 amide bonds. The second-order valence-corrected chi connectivity index (χ2v) is 7.27. The molecule has 0 fully saturated rings. The van der Waals surface area contributed by atoms with Gasteiger partial charge in [-0.3, -0.25) is 14.7 Å². The second kappa shape index (κ2) is 8.51. The molecule has 31 heavy (non-hydrogen) atoms. The molecule has 0 radical (unpaired) electrons. The molecule has 2 aliphatic heterocycles. The number of nitrogens with one attached hydrogen (secondary N) is 1. The first-order chi connectivity index (χ1) is 15.0. The van der Waals surface area contributed by atoms with Gasteiger partial charge in [-0.2, -0.15) is 0 Å². The fourth-order valence-corrected chi connectivity index (χ4v) is 3.93. The van der Waals surface area contributed by atoms with Gasteiger partial charge in [0.15, 0.2) is 0 Å². The van der Waals surface area contributed by atoms with E-state index >= 15 is 0 Å². The van der Waals surface area contributed by atoms with Crippen LogP contribution in [0, 0.1) is 0 Å². The maximum atomic E-state index is 13.5. The number of rotatable bonds is 7. The zero-order chi connectivity index (χ0) is 22.0. The molecule has 3 heterocycles. The Kier molecular flexibility index (Phi) is 5.62. The van der Waals surface area contributed by atoms with Gasteiger partial charge in [0.25, 0.3) is 5.91 Å². The Morgan fingerprint density at radius 3 is 2.55 bits per heavy atom. The standard InChI is InChI=1S/C23H24N4O4/c1-4-9-27-19-14-26(13-16-7-5-6-8-24-16)22(28)20(19)21(25-23(27)29)15-10-17(30-2)12-18(11-15)31-3/h4-8,10-12,21H,1,9,13-14H2,2-3H3,(H,25,29)/t21-/m1/s1. The minimum Gasteiger partial charge on any atom is -0.497 e. The summed E-state index contributed by atoms with van der Waals surface area (Å²) in [5.74, 6) is 1.02. The van der Waals surface area contributed by atoms with Gasteiger partial charge in [0.1, 0.15) is 11.5 Å². The molecule has 8 nitrogen and oxygen atoms in total. The highest BCUT2D eigenvalue weighted by Gasteiger charge is 2.44. The second-order valence-electron chi connectivity index (χ2n) is 7.27. The van der Waals surface area contributed by atoms with E-state index in [1.54, 1.807) is 54.5 Å². The molecule has 1 aromatic heterocycles. The Labute approximate surface area is 180 Å². The molecule has 2 aromatic rings. The maximum absolute atomic E-state index is 13.5. The van der Waals surface area contributed by atoms with Gasteiger partial charge >= 0.3 is 6.03 Å². The van der Waals surface area contributed by atoms with Crippen molar-refractivity contribution in [2.45, 2.75) is 12.6 Å². The number of pyridine rings is 1. The van der Waals surface area contributed by atoms with E-state index in [4.69, 9.17) is 9.47 Å². The van der Waals surface area contributed by atoms with Gasteiger partial charge in [-0.05, 0) is 29.8 Å². The van der Waals surface area contributed by atoms with Crippen molar-refractivity contribution in [2.75, 3.05) is 27.3 Å². The summed E-state index contributed by atoms with van der Waals surface area (Å²) >= 11 is 0. The summed E-state index contributed by atoms with van der Waals surface area (Å²) in [6, 6.07) is 10.0. The summed E-state index contributed by atoms with van der Waals surface area (Å²) < 4.78 is 10.8. The average molecular weight is 420 g/mol. The van der Waals surface area contributed by atoms with Crippen LogP contribution in [-0.2, 0) is 11.3 Å². The summed E-state index contributed by atoms with van der Waals surface area (Å²) in [6.45, 7) is 4.74. The van der Waals surface area contributed by atoms with Crippen LogP contribution in [-0.4, -0.2) is 54.0 Å². The smallest absolute Gasteiger partial charge is 0.322 e. The number of hydrogen-bond donors (Lipinski definition) is 1. The maximum Gasteiger partial charge on any atom is 0.322 e. The van der Waals surface area contributed by atoms with Crippen molar-refractivity contribution in [3.8, 4) is 11.5 Å². The van der Waals surface area contributed by atoms with Gasteiger partial charge in [0, 0.05) is 18.8 Å². The molecule has 1 aromatic carbocycles. The first-order valence-electron chi connectivity index (χ1n) is 9.89. The highest BCUT2D eigenvalue weighted by molar-refractivity contribution is 6.01. The minimum absolute atomic E-state index is 0.137. The van der Waals surface area contributed by atoms with Crippen LogP contribution in [0.2, 0.25) is 0 Å². The van der Waals surface area contributed by atoms with E-state index in [9.17, 15) is 9.59 Å². The van der Waals surface area contributed by atoms with Gasteiger partial charge in [-0.15, -0.1) is 6.58 Å². The van der Waals surface area contributed by atoms with E-state index in [-0.39, 0.29) is 11.9 Å². The summed E-state index contributed by atoms with van der Waals surface area (Å²) in [5, 5.41) is 2.96. The number of carbonyl (C=O) groups excluding carboxylic acids is 2. The first kappa shape index (κ1) is 20.5. The summed E-state index contributed by atoms with van der Waals surface area (Å²) in [6.07, 6.45) is 3.34. The Morgan fingerprint density at radius 2 is 1.94 bits per heavy atom. The first-order valence-corrected chi connectivity index (χ1v) is 9.89. The van der Waals surface area contributed by atoms with Crippen LogP contribution < -0.4 is 14.8 Å². The number of methoxy groups -OCH3 is 2. The van der Waals surface area contributed by atoms with E-state index in [0.29, 0.717) is 48.0 Å². The van der Waals surface area contributed by atoms with Crippen molar-refractivity contribution in [2.24, 2.45) is 0 Å². The Bertz CT molecular complexity index is 1030. The Hall–Kier alpha value is -3.81. The number of carbonyl (C=O) groups is 2. The number of nitrogens with zero attached hydrogens (tertiary/aromatic N) is 3. The SMILES string of the molecule is C=CCN1C(=O)N[C@H](c2cc(OC)cc(OC)c2)C2=C1CN(Cc1ccccn1)C2=O. The molecular weight excluding hydrogens is 396 g/mol. The van der Waals surface area contributed by atoms with Gasteiger partial charge in [0.2, 0.25) is 0 Å². The van der Waals surface area contributed by atoms with Gasteiger partial charge < -0.3 is 19.7 Å². The number of aromatic nitrogens is 1. The summed E-state index contributed by atoms with van der Waals surface area (Å²) in [5.41, 5.74) is 2.71. The molecule has 2 aliphatic rings. The van der Waals surface area contributed by atoms with Crippen molar-refractivity contribution in [1.82, 2.24) is 20.1 Å². The van der Waals surface area contributed by atoms with Crippen molar-refractivity contribution in [1.29, 1.82) is 0 Å². The lowest BCUT2D eigenvalue weighted by Gasteiger charge is -2.33. The zero-order valence-corrected chi connectivity index (χ0v) is 17.5. The largest absolute Gasteiger partial charge is 0.497 e. The van der Waals surface area contributed by atoms with Crippen LogP contribution in [0.3, 0.4) is 0 Å². The molecule has 4 rings (SSSR count). The van der Waals surface area contributed by atoms with Crippen molar-refractivity contribution >= 4 is 11.9 Å². The van der Waals surface area contributed by atoms with Crippen LogP contribution >= 0.6 is 0 Å². The van der Waals surface area contributed by atoms with E-state index in [1.807, 2.05) is 18.2 Å². The molecule has 0 spiro atoms. The van der Waals surface area contributed by atoms with Crippen molar-refractivity contribution < 1.29 is 19.1 Å². The highest BCUT2D eigenvalue weighted by Crippen LogP contribution is 2.38. The number of ether oxygens (including phenoxy) is 2. The topological polar surface area (TPSA) is 84.0 Å². The number of amides is 3. The monoisotopic (exact) mass is 420 g/mol. The number of benzene rings is 1. The van der Waals surface area contributed by atoms with E-state index < -0.39 is 6.04 Å². The predicted octanol–water partition coefficient (Wildman–Crippen LogP) is 2.65. The fraction of sp³-hybridized carbons (Fsp3) is 0.261. The molecule has 0 unspecified atom stereocenters. The van der Waals surface area contributed by atoms with Crippen LogP contribution in [0.4, 0.5) is 4.79 Å². The van der Waals surface area contributed by atoms with E-state index in [2.05, 4.69) is 16.9 Å². The number of urea groups is 1. The molecule has 8 heteroatoms. The average Bonchev–Trinajstić information content (AvgIpc) is 3.11.